The second kappa shape index (κ2) is 7.18. The van der Waals surface area contributed by atoms with E-state index in [2.05, 4.69) is 77.5 Å². The van der Waals surface area contributed by atoms with Crippen LogP contribution in [0.2, 0.25) is 0 Å². The standard InChI is InChI=1S/C16H23BrN4/c1-5-13(18-7-3)16-14(6-2)21(20-19-16)15-10-12(17)9-8-11(15)4/h8-10,13,18H,5-7H2,1-4H3. The summed E-state index contributed by atoms with van der Waals surface area (Å²) in [6.07, 6.45) is 1.92. The van der Waals surface area contributed by atoms with Crippen molar-refractivity contribution in [2.24, 2.45) is 0 Å². The molecule has 1 heterocycles. The minimum Gasteiger partial charge on any atom is -0.309 e. The van der Waals surface area contributed by atoms with Gasteiger partial charge in [0, 0.05) is 4.47 Å². The Balaban J connectivity index is 2.51. The van der Waals surface area contributed by atoms with Gasteiger partial charge >= 0.3 is 0 Å². The molecule has 1 N–H and O–H groups in total. The number of aryl methyl sites for hydroxylation is 1. The topological polar surface area (TPSA) is 42.7 Å². The lowest BCUT2D eigenvalue weighted by atomic mass is 10.1. The zero-order chi connectivity index (χ0) is 15.4. The van der Waals surface area contributed by atoms with E-state index in [1.54, 1.807) is 0 Å². The number of aromatic nitrogens is 3. The van der Waals surface area contributed by atoms with Crippen molar-refractivity contribution in [3.8, 4) is 5.69 Å². The maximum Gasteiger partial charge on any atom is 0.103 e. The maximum absolute atomic E-state index is 4.46. The molecule has 114 valence electrons. The highest BCUT2D eigenvalue weighted by atomic mass is 79.9. The summed E-state index contributed by atoms with van der Waals surface area (Å²) in [5.74, 6) is 0. The van der Waals surface area contributed by atoms with Gasteiger partial charge in [-0.3, -0.25) is 0 Å². The fourth-order valence-corrected chi connectivity index (χ4v) is 2.95. The molecule has 0 aliphatic heterocycles. The van der Waals surface area contributed by atoms with Crippen molar-refractivity contribution >= 4 is 15.9 Å². The first-order valence-electron chi connectivity index (χ1n) is 7.56. The van der Waals surface area contributed by atoms with Gasteiger partial charge in [-0.1, -0.05) is 48.0 Å². The monoisotopic (exact) mass is 350 g/mol. The number of nitrogens with zero attached hydrogens (tertiary/aromatic N) is 3. The number of benzene rings is 1. The molecule has 0 saturated heterocycles. The van der Waals surface area contributed by atoms with Crippen molar-refractivity contribution in [3.05, 3.63) is 39.6 Å². The van der Waals surface area contributed by atoms with Gasteiger partial charge in [0.1, 0.15) is 5.69 Å². The lowest BCUT2D eigenvalue weighted by molar-refractivity contribution is 0.520. The van der Waals surface area contributed by atoms with Gasteiger partial charge in [-0.25, -0.2) is 4.68 Å². The Bertz CT molecular complexity index is 606. The van der Waals surface area contributed by atoms with Crippen LogP contribution in [0.15, 0.2) is 22.7 Å². The van der Waals surface area contributed by atoms with E-state index in [1.165, 1.54) is 11.3 Å². The van der Waals surface area contributed by atoms with E-state index in [0.29, 0.717) is 0 Å². The van der Waals surface area contributed by atoms with Crippen LogP contribution in [0.5, 0.6) is 0 Å². The number of halogens is 1. The van der Waals surface area contributed by atoms with E-state index in [9.17, 15) is 0 Å². The molecule has 0 fully saturated rings. The van der Waals surface area contributed by atoms with Crippen LogP contribution in [0.25, 0.3) is 5.69 Å². The zero-order valence-electron chi connectivity index (χ0n) is 13.2. The molecule has 0 bridgehead atoms. The van der Waals surface area contributed by atoms with Gasteiger partial charge in [0.25, 0.3) is 0 Å². The van der Waals surface area contributed by atoms with Crippen LogP contribution in [-0.4, -0.2) is 21.5 Å². The second-order valence-electron chi connectivity index (χ2n) is 5.14. The molecule has 0 aliphatic rings. The predicted octanol–water partition coefficient (Wildman–Crippen LogP) is 3.96. The molecule has 2 aromatic rings. The summed E-state index contributed by atoms with van der Waals surface area (Å²) >= 11 is 3.54. The van der Waals surface area contributed by atoms with Crippen molar-refractivity contribution < 1.29 is 0 Å². The summed E-state index contributed by atoms with van der Waals surface area (Å²) in [5.41, 5.74) is 4.54. The van der Waals surface area contributed by atoms with Crippen LogP contribution in [0, 0.1) is 6.92 Å². The van der Waals surface area contributed by atoms with E-state index in [4.69, 9.17) is 0 Å². The largest absolute Gasteiger partial charge is 0.309 e. The molecule has 0 spiro atoms. The second-order valence-corrected chi connectivity index (χ2v) is 6.05. The molecule has 0 saturated carbocycles. The molecule has 4 nitrogen and oxygen atoms in total. The normalized spacial score (nSPS) is 12.6. The van der Waals surface area contributed by atoms with Gasteiger partial charge < -0.3 is 5.32 Å². The molecule has 21 heavy (non-hydrogen) atoms. The summed E-state index contributed by atoms with van der Waals surface area (Å²) in [7, 11) is 0. The first-order valence-corrected chi connectivity index (χ1v) is 8.35. The smallest absolute Gasteiger partial charge is 0.103 e. The van der Waals surface area contributed by atoms with Crippen LogP contribution in [0.4, 0.5) is 0 Å². The summed E-state index contributed by atoms with van der Waals surface area (Å²) in [5, 5.41) is 12.4. The number of hydrogen-bond acceptors (Lipinski definition) is 3. The van der Waals surface area contributed by atoms with Crippen molar-refractivity contribution in [1.29, 1.82) is 0 Å². The molecule has 0 radical (unpaired) electrons. The summed E-state index contributed by atoms with van der Waals surface area (Å²) in [6.45, 7) is 9.49. The van der Waals surface area contributed by atoms with Crippen molar-refractivity contribution in [3.63, 3.8) is 0 Å². The zero-order valence-corrected chi connectivity index (χ0v) is 14.7. The van der Waals surface area contributed by atoms with Crippen LogP contribution >= 0.6 is 15.9 Å². The lowest BCUT2D eigenvalue weighted by Gasteiger charge is -2.15. The molecule has 1 aromatic heterocycles. The Morgan fingerprint density at radius 2 is 2.05 bits per heavy atom. The quantitative estimate of drug-likeness (QED) is 0.857. The molecule has 5 heteroatoms. The first-order chi connectivity index (χ1) is 10.1. The lowest BCUT2D eigenvalue weighted by Crippen LogP contribution is -2.21. The minimum atomic E-state index is 0.270. The Labute approximate surface area is 135 Å². The fourth-order valence-electron chi connectivity index (χ4n) is 2.60. The Hall–Kier alpha value is -1.20. The van der Waals surface area contributed by atoms with E-state index in [0.717, 1.165) is 35.2 Å². The van der Waals surface area contributed by atoms with Gasteiger partial charge in [-0.05, 0) is 44.0 Å². The molecule has 0 aliphatic carbocycles. The van der Waals surface area contributed by atoms with Gasteiger partial charge in [0.05, 0.1) is 17.4 Å². The van der Waals surface area contributed by atoms with Crippen molar-refractivity contribution in [2.45, 2.75) is 46.6 Å². The third kappa shape index (κ3) is 3.35. The maximum atomic E-state index is 4.46. The van der Waals surface area contributed by atoms with E-state index >= 15 is 0 Å². The highest BCUT2D eigenvalue weighted by molar-refractivity contribution is 9.10. The Morgan fingerprint density at radius 3 is 2.67 bits per heavy atom. The number of rotatable bonds is 6. The molecular weight excluding hydrogens is 328 g/mol. The first kappa shape index (κ1) is 16.2. The average Bonchev–Trinajstić information content (AvgIpc) is 2.90. The number of nitrogens with one attached hydrogen (secondary N) is 1. The SMILES string of the molecule is CCNC(CC)c1nnn(-c2cc(Br)ccc2C)c1CC. The van der Waals surface area contributed by atoms with Crippen LogP contribution in [-0.2, 0) is 6.42 Å². The fraction of sp³-hybridized carbons (Fsp3) is 0.500. The van der Waals surface area contributed by atoms with Crippen LogP contribution in [0.3, 0.4) is 0 Å². The molecule has 1 unspecified atom stereocenters. The van der Waals surface area contributed by atoms with E-state index in [-0.39, 0.29) is 6.04 Å². The van der Waals surface area contributed by atoms with Crippen LogP contribution in [0.1, 0.15) is 50.2 Å². The van der Waals surface area contributed by atoms with Crippen molar-refractivity contribution in [2.75, 3.05) is 6.54 Å². The molecule has 2 rings (SSSR count). The van der Waals surface area contributed by atoms with Gasteiger partial charge in [0.2, 0.25) is 0 Å². The highest BCUT2D eigenvalue weighted by Gasteiger charge is 2.20. The third-order valence-corrected chi connectivity index (χ3v) is 4.21. The summed E-state index contributed by atoms with van der Waals surface area (Å²) in [6, 6.07) is 6.52. The van der Waals surface area contributed by atoms with Gasteiger partial charge in [-0.15, -0.1) is 5.10 Å². The average molecular weight is 351 g/mol. The Kier molecular flexibility index (Phi) is 5.53. The highest BCUT2D eigenvalue weighted by Crippen LogP contribution is 2.25. The number of hydrogen-bond donors (Lipinski definition) is 1. The van der Waals surface area contributed by atoms with Crippen molar-refractivity contribution in [1.82, 2.24) is 20.3 Å². The van der Waals surface area contributed by atoms with Gasteiger partial charge in [-0.2, -0.15) is 0 Å². The van der Waals surface area contributed by atoms with Gasteiger partial charge in [0.15, 0.2) is 0 Å². The van der Waals surface area contributed by atoms with Crippen LogP contribution < -0.4 is 5.32 Å². The Morgan fingerprint density at radius 1 is 1.29 bits per heavy atom. The third-order valence-electron chi connectivity index (χ3n) is 3.72. The molecule has 1 atom stereocenters. The predicted molar refractivity (Wildman–Crippen MR) is 89.9 cm³/mol. The van der Waals surface area contributed by atoms with E-state index < -0.39 is 0 Å². The minimum absolute atomic E-state index is 0.270. The molecule has 1 aromatic carbocycles. The van der Waals surface area contributed by atoms with E-state index in [1.807, 2.05) is 4.68 Å². The summed E-state index contributed by atoms with van der Waals surface area (Å²) < 4.78 is 3.04. The molecule has 0 amide bonds. The summed E-state index contributed by atoms with van der Waals surface area (Å²) in [4.78, 5) is 0. The molecular formula is C16H23BrN4.